The van der Waals surface area contributed by atoms with Gasteiger partial charge in [-0.25, -0.2) is 0 Å². The predicted molar refractivity (Wildman–Crippen MR) is 144 cm³/mol. The number of likely N-dealkylation sites (tertiary alicyclic amines) is 1. The van der Waals surface area contributed by atoms with Crippen LogP contribution < -0.4 is 9.47 Å². The Morgan fingerprint density at radius 1 is 0.919 bits per heavy atom. The number of hydrogen-bond donors (Lipinski definition) is 1. The molecule has 1 saturated heterocycles. The lowest BCUT2D eigenvalue weighted by atomic mass is 9.93. The third-order valence-electron chi connectivity index (χ3n) is 6.87. The highest BCUT2D eigenvalue weighted by Crippen LogP contribution is 2.40. The summed E-state index contributed by atoms with van der Waals surface area (Å²) in [7, 11) is 3.15. The van der Waals surface area contributed by atoms with E-state index in [9.17, 15) is 14.7 Å². The van der Waals surface area contributed by atoms with Gasteiger partial charge in [0.15, 0.2) is 11.5 Å². The smallest absolute Gasteiger partial charge is 0.295 e. The number of benzene rings is 3. The number of carbonyl (C=O) groups is 2. The van der Waals surface area contributed by atoms with Crippen LogP contribution in [0, 0.1) is 6.92 Å². The monoisotopic (exact) mass is 499 g/mol. The van der Waals surface area contributed by atoms with Crippen molar-refractivity contribution in [2.24, 2.45) is 0 Å². The average molecular weight is 500 g/mol. The summed E-state index contributed by atoms with van der Waals surface area (Å²) in [5.74, 6) is 0.107. The number of hydrogen-bond acceptors (Lipinski definition) is 5. The summed E-state index contributed by atoms with van der Waals surface area (Å²) in [6.45, 7) is 6.47. The van der Waals surface area contributed by atoms with E-state index < -0.39 is 17.7 Å². The number of nitrogens with zero attached hydrogens (tertiary/aromatic N) is 1. The van der Waals surface area contributed by atoms with Crippen LogP contribution in [0.15, 0.2) is 72.3 Å². The highest BCUT2D eigenvalue weighted by molar-refractivity contribution is 6.46. The van der Waals surface area contributed by atoms with E-state index in [2.05, 4.69) is 13.8 Å². The maximum absolute atomic E-state index is 13.3. The first-order valence-electron chi connectivity index (χ1n) is 12.4. The lowest BCUT2D eigenvalue weighted by Crippen LogP contribution is -2.31. The number of aliphatic hydroxyl groups is 1. The number of Topliss-reactive ketones (excluding diaryl/α,β-unsaturated/α-hetero) is 1. The van der Waals surface area contributed by atoms with Crippen molar-refractivity contribution in [2.75, 3.05) is 20.8 Å². The van der Waals surface area contributed by atoms with Crippen LogP contribution in [0.25, 0.3) is 5.76 Å². The van der Waals surface area contributed by atoms with E-state index in [1.807, 2.05) is 61.5 Å². The summed E-state index contributed by atoms with van der Waals surface area (Å²) >= 11 is 0. The Labute approximate surface area is 218 Å². The van der Waals surface area contributed by atoms with Gasteiger partial charge in [-0.05, 0) is 48.1 Å². The maximum Gasteiger partial charge on any atom is 0.295 e. The molecular weight excluding hydrogens is 466 g/mol. The average Bonchev–Trinajstić information content (AvgIpc) is 3.16. The number of carbonyl (C=O) groups excluding carboxylic acids is 2. The molecule has 4 rings (SSSR count). The van der Waals surface area contributed by atoms with Crippen LogP contribution in [0.4, 0.5) is 0 Å². The number of ether oxygens (including phenoxy) is 2. The Balaban J connectivity index is 1.75. The van der Waals surface area contributed by atoms with E-state index in [1.165, 1.54) is 0 Å². The van der Waals surface area contributed by atoms with Gasteiger partial charge in [0.25, 0.3) is 11.7 Å². The highest BCUT2D eigenvalue weighted by Gasteiger charge is 2.45. The van der Waals surface area contributed by atoms with Crippen LogP contribution in [0.5, 0.6) is 11.5 Å². The van der Waals surface area contributed by atoms with Crippen LogP contribution >= 0.6 is 0 Å². The lowest BCUT2D eigenvalue weighted by Gasteiger charge is -2.26. The fourth-order valence-corrected chi connectivity index (χ4v) is 4.67. The van der Waals surface area contributed by atoms with E-state index in [4.69, 9.17) is 9.47 Å². The van der Waals surface area contributed by atoms with Crippen molar-refractivity contribution in [3.63, 3.8) is 0 Å². The second-order valence-corrected chi connectivity index (χ2v) is 9.62. The molecule has 0 spiro atoms. The van der Waals surface area contributed by atoms with Gasteiger partial charge in [-0.1, -0.05) is 74.0 Å². The molecule has 0 aliphatic carbocycles. The van der Waals surface area contributed by atoms with Crippen molar-refractivity contribution >= 4 is 17.4 Å². The van der Waals surface area contributed by atoms with Crippen molar-refractivity contribution in [1.29, 1.82) is 0 Å². The molecule has 0 aromatic heterocycles. The first kappa shape index (κ1) is 26.0. The molecule has 0 radical (unpaired) electrons. The molecule has 0 bridgehead atoms. The summed E-state index contributed by atoms with van der Waals surface area (Å²) < 4.78 is 10.7. The van der Waals surface area contributed by atoms with Gasteiger partial charge in [0, 0.05) is 12.1 Å². The van der Waals surface area contributed by atoms with Crippen LogP contribution in [0.1, 0.15) is 53.6 Å². The molecule has 1 amide bonds. The summed E-state index contributed by atoms with van der Waals surface area (Å²) in [5.41, 5.74) is 4.53. The Hall–Kier alpha value is -4.06. The largest absolute Gasteiger partial charge is 0.507 e. The normalized spacial score (nSPS) is 16.9. The van der Waals surface area contributed by atoms with Gasteiger partial charge in [0.1, 0.15) is 5.76 Å². The van der Waals surface area contributed by atoms with Crippen molar-refractivity contribution in [2.45, 2.75) is 39.2 Å². The first-order valence-corrected chi connectivity index (χ1v) is 12.4. The molecule has 3 aromatic carbocycles. The molecule has 1 heterocycles. The van der Waals surface area contributed by atoms with E-state index in [0.717, 1.165) is 22.3 Å². The van der Waals surface area contributed by atoms with E-state index >= 15 is 0 Å². The van der Waals surface area contributed by atoms with Crippen molar-refractivity contribution in [3.8, 4) is 11.5 Å². The van der Waals surface area contributed by atoms with E-state index in [1.54, 1.807) is 31.3 Å². The summed E-state index contributed by atoms with van der Waals surface area (Å²) in [5, 5.41) is 11.3. The fourth-order valence-electron chi connectivity index (χ4n) is 4.67. The summed E-state index contributed by atoms with van der Waals surface area (Å²) in [6.07, 6.45) is 0.499. The Morgan fingerprint density at radius 2 is 1.57 bits per heavy atom. The highest BCUT2D eigenvalue weighted by atomic mass is 16.5. The van der Waals surface area contributed by atoms with E-state index in [-0.39, 0.29) is 11.3 Å². The SMILES string of the molecule is COc1ccc(CCN2C(=O)C(=O)C(=C(O)c3ccc(C)cc3)[C@H]2c2ccc(C(C)C)cc2)cc1OC. The third-order valence-corrected chi connectivity index (χ3v) is 6.87. The minimum absolute atomic E-state index is 0.110. The third kappa shape index (κ3) is 5.24. The predicted octanol–water partition coefficient (Wildman–Crippen LogP) is 5.80. The van der Waals surface area contributed by atoms with Gasteiger partial charge in [-0.2, -0.15) is 0 Å². The number of ketones is 1. The van der Waals surface area contributed by atoms with Crippen LogP contribution in [-0.2, 0) is 16.0 Å². The minimum atomic E-state index is -0.692. The Kier molecular flexibility index (Phi) is 7.67. The molecule has 37 heavy (non-hydrogen) atoms. The zero-order valence-electron chi connectivity index (χ0n) is 21.9. The molecule has 0 saturated carbocycles. The zero-order chi connectivity index (χ0) is 26.7. The second kappa shape index (κ2) is 10.9. The van der Waals surface area contributed by atoms with Gasteiger partial charge in [0.05, 0.1) is 25.8 Å². The number of aliphatic hydroxyl groups excluding tert-OH is 1. The Morgan fingerprint density at radius 3 is 2.16 bits per heavy atom. The molecule has 1 aliphatic heterocycles. The lowest BCUT2D eigenvalue weighted by molar-refractivity contribution is -0.139. The quantitative estimate of drug-likeness (QED) is 0.241. The molecule has 1 aliphatic rings. The van der Waals surface area contributed by atoms with Gasteiger partial charge in [0.2, 0.25) is 0 Å². The molecule has 6 nitrogen and oxygen atoms in total. The van der Waals surface area contributed by atoms with Gasteiger partial charge >= 0.3 is 0 Å². The Bertz CT molecular complexity index is 1320. The molecule has 1 N–H and O–H groups in total. The molecule has 1 fully saturated rings. The van der Waals surface area contributed by atoms with Crippen LogP contribution in [0.3, 0.4) is 0 Å². The van der Waals surface area contributed by atoms with Crippen molar-refractivity contribution in [3.05, 3.63) is 100 Å². The van der Waals surface area contributed by atoms with Crippen molar-refractivity contribution in [1.82, 2.24) is 4.90 Å². The van der Waals surface area contributed by atoms with Crippen LogP contribution in [0.2, 0.25) is 0 Å². The molecule has 0 unspecified atom stereocenters. The number of methoxy groups -OCH3 is 2. The molecular formula is C31H33NO5. The van der Waals surface area contributed by atoms with Gasteiger partial charge in [-0.15, -0.1) is 0 Å². The number of aryl methyl sites for hydroxylation is 1. The standard InChI is InChI=1S/C31H33NO5/c1-19(2)22-11-13-23(14-12-22)28-27(29(33)24-9-6-20(3)7-10-24)30(34)31(35)32(28)17-16-21-8-15-25(36-4)26(18-21)37-5/h6-15,18-19,28,33H,16-17H2,1-5H3/t28-/m1/s1. The molecule has 3 aromatic rings. The maximum atomic E-state index is 13.3. The van der Waals surface area contributed by atoms with Crippen molar-refractivity contribution < 1.29 is 24.2 Å². The zero-order valence-corrected chi connectivity index (χ0v) is 21.9. The molecule has 192 valence electrons. The van der Waals surface area contributed by atoms with Gasteiger partial charge < -0.3 is 19.5 Å². The molecule has 1 atom stereocenters. The fraction of sp³-hybridized carbons (Fsp3) is 0.290. The first-order chi connectivity index (χ1) is 17.7. The van der Waals surface area contributed by atoms with Gasteiger partial charge in [-0.3, -0.25) is 9.59 Å². The van der Waals surface area contributed by atoms with Crippen LogP contribution in [-0.4, -0.2) is 42.5 Å². The minimum Gasteiger partial charge on any atom is -0.507 e. The second-order valence-electron chi connectivity index (χ2n) is 9.62. The topological polar surface area (TPSA) is 76.1 Å². The summed E-state index contributed by atoms with van der Waals surface area (Å²) in [6, 6.07) is 20.1. The number of rotatable bonds is 8. The molecule has 6 heteroatoms. The van der Waals surface area contributed by atoms with E-state index in [0.29, 0.717) is 35.9 Å². The summed E-state index contributed by atoms with van der Waals surface area (Å²) in [4.78, 5) is 28.2. The number of amides is 1.